The molecule has 53 heavy (non-hydrogen) atoms. The summed E-state index contributed by atoms with van der Waals surface area (Å²) in [6.07, 6.45) is -1.53. The number of ether oxygens (including phenoxy) is 1. The number of hydrogen-bond donors (Lipinski definition) is 6. The van der Waals surface area contributed by atoms with Crippen LogP contribution in [0.4, 0.5) is 9.59 Å². The highest BCUT2D eigenvalue weighted by molar-refractivity contribution is 5.94. The Balaban J connectivity index is 2.00. The first-order valence-corrected chi connectivity index (χ1v) is 17.3. The number of nitrogens with one attached hydrogen (secondary N) is 3. The smallest absolute Gasteiger partial charge is 0.407 e. The molecule has 286 valence electrons. The van der Waals surface area contributed by atoms with Crippen molar-refractivity contribution in [2.75, 3.05) is 14.2 Å². The Hall–Kier alpha value is -5.50. The summed E-state index contributed by atoms with van der Waals surface area (Å²) in [7, 11) is 2.36. The molecular weight excluding hydrogens is 680 g/mol. The number of aromatic nitrogens is 1. The van der Waals surface area contributed by atoms with Gasteiger partial charge in [-0.2, -0.15) is 0 Å². The van der Waals surface area contributed by atoms with E-state index in [1.165, 1.54) is 28.0 Å². The monoisotopic (exact) mass is 732 g/mol. The van der Waals surface area contributed by atoms with Gasteiger partial charge in [0.2, 0.25) is 17.7 Å². The summed E-state index contributed by atoms with van der Waals surface area (Å²) < 4.78 is 4.77. The first kappa shape index (κ1) is 41.9. The van der Waals surface area contributed by atoms with Crippen LogP contribution in [0.5, 0.6) is 0 Å². The molecule has 0 saturated heterocycles. The summed E-state index contributed by atoms with van der Waals surface area (Å²) in [5.41, 5.74) is 6.52. The number of primary amides is 1. The van der Waals surface area contributed by atoms with E-state index in [2.05, 4.69) is 20.9 Å². The van der Waals surface area contributed by atoms with Crippen molar-refractivity contribution < 1.29 is 38.9 Å². The number of carboxylic acid groups (broad SMARTS) is 1. The standard InChI is InChI=1S/C39H52N6O8/c1-38(2,3)31(44-36(50)53-7)33(47)42-27(21-25-16-18-26(19-17-25)28-15-11-12-20-41-28)23-30(46)29(22-24-13-9-8-10-14-24)43-34(48)32(45(6)37(51)52)39(4,5)35(40)49/h8-20,27,29-32,46H,21-23H2,1-7H3,(H2,40,49)(H,42,47)(H,43,48)(H,44,50)(H,51,52)/t27-,29-,30-,31+,32+/m0/s1. The van der Waals surface area contributed by atoms with E-state index in [-0.39, 0.29) is 19.3 Å². The van der Waals surface area contributed by atoms with Crippen molar-refractivity contribution in [2.45, 2.75) is 84.2 Å². The highest BCUT2D eigenvalue weighted by Crippen LogP contribution is 2.26. The fraction of sp³-hybridized carbons (Fsp3) is 0.436. The number of likely N-dealkylation sites (N-methyl/N-ethyl adjacent to an activating group) is 1. The molecule has 0 unspecified atom stereocenters. The molecular formula is C39H52N6O8. The van der Waals surface area contributed by atoms with E-state index in [1.807, 2.05) is 60.7 Å². The predicted octanol–water partition coefficient (Wildman–Crippen LogP) is 3.52. The van der Waals surface area contributed by atoms with E-state index in [9.17, 15) is 34.2 Å². The average Bonchev–Trinajstić information content (AvgIpc) is 3.10. The molecule has 2 aromatic carbocycles. The number of amides is 5. The number of hydrogen-bond acceptors (Lipinski definition) is 8. The van der Waals surface area contributed by atoms with Crippen molar-refractivity contribution >= 4 is 29.9 Å². The quantitative estimate of drug-likeness (QED) is 0.127. The molecule has 0 aliphatic rings. The SMILES string of the molecule is COC(=O)N[C@H](C(=O)N[C@@H](Cc1ccc(-c2ccccn2)cc1)C[C@H](O)[C@H](Cc1ccccc1)NC(=O)[C@@H](N(C)C(=O)O)C(C)(C)C(N)=O)C(C)(C)C. The van der Waals surface area contributed by atoms with Gasteiger partial charge in [-0.1, -0.05) is 81.4 Å². The lowest BCUT2D eigenvalue weighted by molar-refractivity contribution is -0.139. The number of rotatable bonds is 16. The van der Waals surface area contributed by atoms with Gasteiger partial charge in [-0.15, -0.1) is 0 Å². The molecule has 0 fully saturated rings. The predicted molar refractivity (Wildman–Crippen MR) is 199 cm³/mol. The molecule has 7 N–H and O–H groups in total. The lowest BCUT2D eigenvalue weighted by Gasteiger charge is -2.37. The van der Waals surface area contributed by atoms with Crippen LogP contribution in [0.3, 0.4) is 0 Å². The third-order valence-corrected chi connectivity index (χ3v) is 9.19. The zero-order chi connectivity index (χ0) is 39.5. The van der Waals surface area contributed by atoms with Gasteiger partial charge in [0.15, 0.2) is 0 Å². The lowest BCUT2D eigenvalue weighted by Crippen LogP contribution is -2.61. The normalized spacial score (nSPS) is 14.4. The molecule has 0 spiro atoms. The van der Waals surface area contributed by atoms with Gasteiger partial charge in [0, 0.05) is 24.8 Å². The van der Waals surface area contributed by atoms with Crippen LogP contribution in [-0.4, -0.2) is 94.4 Å². The maximum Gasteiger partial charge on any atom is 0.407 e. The van der Waals surface area contributed by atoms with Crippen LogP contribution in [0.2, 0.25) is 0 Å². The molecule has 0 radical (unpaired) electrons. The summed E-state index contributed by atoms with van der Waals surface area (Å²) in [5, 5.41) is 30.1. The van der Waals surface area contributed by atoms with E-state index < -0.39 is 71.0 Å². The van der Waals surface area contributed by atoms with Crippen LogP contribution in [0.15, 0.2) is 79.0 Å². The Morgan fingerprint density at radius 3 is 1.96 bits per heavy atom. The van der Waals surface area contributed by atoms with E-state index >= 15 is 0 Å². The number of aliphatic hydroxyl groups excluding tert-OH is 1. The second-order valence-electron chi connectivity index (χ2n) is 14.7. The highest BCUT2D eigenvalue weighted by atomic mass is 16.5. The van der Waals surface area contributed by atoms with Crippen molar-refractivity contribution in [3.05, 3.63) is 90.1 Å². The topological polar surface area (TPSA) is 213 Å². The molecule has 0 bridgehead atoms. The number of aliphatic hydroxyl groups is 1. The largest absolute Gasteiger partial charge is 0.465 e. The minimum atomic E-state index is -1.62. The Morgan fingerprint density at radius 1 is 0.830 bits per heavy atom. The number of pyridine rings is 1. The molecule has 1 heterocycles. The van der Waals surface area contributed by atoms with Gasteiger partial charge in [-0.05, 0) is 61.8 Å². The molecule has 5 atom stereocenters. The van der Waals surface area contributed by atoms with Crippen molar-refractivity contribution in [1.82, 2.24) is 25.8 Å². The van der Waals surface area contributed by atoms with E-state index in [0.717, 1.165) is 22.4 Å². The molecule has 0 aliphatic heterocycles. The molecule has 14 nitrogen and oxygen atoms in total. The molecule has 3 rings (SSSR count). The van der Waals surface area contributed by atoms with Gasteiger partial charge in [0.05, 0.1) is 30.4 Å². The van der Waals surface area contributed by atoms with Gasteiger partial charge in [0.1, 0.15) is 12.1 Å². The maximum absolute atomic E-state index is 13.9. The minimum Gasteiger partial charge on any atom is -0.465 e. The van der Waals surface area contributed by atoms with Crippen LogP contribution in [0.1, 0.15) is 52.2 Å². The Morgan fingerprint density at radius 2 is 1.43 bits per heavy atom. The number of nitrogens with two attached hydrogens (primary N) is 1. The zero-order valence-corrected chi connectivity index (χ0v) is 31.3. The highest BCUT2D eigenvalue weighted by Gasteiger charge is 2.45. The molecule has 0 saturated carbocycles. The molecule has 1 aromatic heterocycles. The Bertz CT molecular complexity index is 1700. The van der Waals surface area contributed by atoms with Crippen LogP contribution in [-0.2, 0) is 32.0 Å². The number of benzene rings is 2. The van der Waals surface area contributed by atoms with Gasteiger partial charge in [-0.3, -0.25) is 24.3 Å². The fourth-order valence-corrected chi connectivity index (χ4v) is 6.06. The second kappa shape index (κ2) is 18.3. The third kappa shape index (κ3) is 11.8. The number of carbonyl (C=O) groups excluding carboxylic acids is 4. The van der Waals surface area contributed by atoms with E-state index in [1.54, 1.807) is 39.1 Å². The van der Waals surface area contributed by atoms with Crippen LogP contribution in [0, 0.1) is 10.8 Å². The van der Waals surface area contributed by atoms with Crippen LogP contribution < -0.4 is 21.7 Å². The molecule has 5 amide bonds. The van der Waals surface area contributed by atoms with Gasteiger partial charge >= 0.3 is 12.2 Å². The minimum absolute atomic E-state index is 0.0702. The molecule has 0 aliphatic carbocycles. The summed E-state index contributed by atoms with van der Waals surface area (Å²) >= 11 is 0. The number of nitrogens with zero attached hydrogens (tertiary/aromatic N) is 2. The van der Waals surface area contributed by atoms with Crippen LogP contribution >= 0.6 is 0 Å². The summed E-state index contributed by atoms with van der Waals surface area (Å²) in [4.78, 5) is 69.6. The maximum atomic E-state index is 13.9. The van der Waals surface area contributed by atoms with E-state index in [4.69, 9.17) is 10.5 Å². The third-order valence-electron chi connectivity index (χ3n) is 9.19. The van der Waals surface area contributed by atoms with E-state index in [0.29, 0.717) is 4.90 Å². The Kier molecular flexibility index (Phi) is 14.5. The summed E-state index contributed by atoms with van der Waals surface area (Å²) in [5.74, 6) is -2.24. The van der Waals surface area contributed by atoms with Crippen molar-refractivity contribution in [3.8, 4) is 11.3 Å². The first-order valence-electron chi connectivity index (χ1n) is 17.3. The number of methoxy groups -OCH3 is 1. The molecule has 14 heteroatoms. The summed E-state index contributed by atoms with van der Waals surface area (Å²) in [6.45, 7) is 8.12. The first-order chi connectivity index (χ1) is 24.8. The zero-order valence-electron chi connectivity index (χ0n) is 31.3. The van der Waals surface area contributed by atoms with Crippen molar-refractivity contribution in [1.29, 1.82) is 0 Å². The number of carbonyl (C=O) groups is 5. The fourth-order valence-electron chi connectivity index (χ4n) is 6.06. The van der Waals surface area contributed by atoms with Gasteiger partial charge in [-0.25, -0.2) is 9.59 Å². The van der Waals surface area contributed by atoms with Crippen molar-refractivity contribution in [3.63, 3.8) is 0 Å². The van der Waals surface area contributed by atoms with Crippen molar-refractivity contribution in [2.24, 2.45) is 16.6 Å². The van der Waals surface area contributed by atoms with Gasteiger partial charge in [0.25, 0.3) is 0 Å². The second-order valence-corrected chi connectivity index (χ2v) is 14.7. The molecule has 3 aromatic rings. The summed E-state index contributed by atoms with van der Waals surface area (Å²) in [6, 6.07) is 18.0. The lowest BCUT2D eigenvalue weighted by atomic mass is 9.81. The van der Waals surface area contributed by atoms with Gasteiger partial charge < -0.3 is 36.6 Å². The number of alkyl carbamates (subject to hydrolysis) is 1. The van der Waals surface area contributed by atoms with Crippen LogP contribution in [0.25, 0.3) is 11.3 Å². The average molecular weight is 733 g/mol. The Labute approximate surface area is 310 Å².